The lowest BCUT2D eigenvalue weighted by Gasteiger charge is -2.42. The number of aromatic hydroxyl groups is 1. The number of rotatable bonds is 4. The number of Topliss-reactive ketones (excluding diaryl/α,β-unsaturated/α-hetero) is 1. The van der Waals surface area contributed by atoms with E-state index in [2.05, 4.69) is 0 Å². The van der Waals surface area contributed by atoms with Gasteiger partial charge in [-0.05, 0) is 68.0 Å². The zero-order chi connectivity index (χ0) is 27.6. The first-order valence-corrected chi connectivity index (χ1v) is 13.3. The Labute approximate surface area is 226 Å². The number of aryl methyl sites for hydroxylation is 1. The third-order valence-corrected chi connectivity index (χ3v) is 8.72. The number of ketones is 2. The summed E-state index contributed by atoms with van der Waals surface area (Å²) in [4.78, 5) is 55.7. The molecular formula is C32H29NO6. The molecule has 1 heterocycles. The predicted octanol–water partition coefficient (Wildman–Crippen LogP) is 4.60. The highest BCUT2D eigenvalue weighted by Crippen LogP contribution is 2.57. The Hall–Kier alpha value is -4.26. The molecule has 0 radical (unpaired) electrons. The quantitative estimate of drug-likeness (QED) is 0.357. The van der Waals surface area contributed by atoms with Gasteiger partial charge in [-0.25, -0.2) is 0 Å². The van der Waals surface area contributed by atoms with Gasteiger partial charge in [0, 0.05) is 28.2 Å². The molecule has 7 heteroatoms. The molecule has 1 fully saturated rings. The summed E-state index contributed by atoms with van der Waals surface area (Å²) in [5.41, 5.74) is 3.81. The Morgan fingerprint density at radius 1 is 1.00 bits per heavy atom. The van der Waals surface area contributed by atoms with E-state index in [1.165, 1.54) is 24.2 Å². The molecule has 0 spiro atoms. The van der Waals surface area contributed by atoms with E-state index in [-0.39, 0.29) is 35.6 Å². The number of anilines is 1. The molecule has 2 amide bonds. The fourth-order valence-electron chi connectivity index (χ4n) is 6.83. The van der Waals surface area contributed by atoms with Gasteiger partial charge in [-0.1, -0.05) is 36.8 Å². The van der Waals surface area contributed by atoms with Gasteiger partial charge in [-0.15, -0.1) is 0 Å². The predicted molar refractivity (Wildman–Crippen MR) is 144 cm³/mol. The molecule has 3 aliphatic carbocycles. The Bertz CT molecular complexity index is 1540. The van der Waals surface area contributed by atoms with Gasteiger partial charge in [0.1, 0.15) is 11.5 Å². The van der Waals surface area contributed by atoms with Gasteiger partial charge in [0.15, 0.2) is 11.6 Å². The minimum atomic E-state index is -0.767. The molecule has 7 nitrogen and oxygen atoms in total. The first-order chi connectivity index (χ1) is 18.8. The number of hydrogen-bond acceptors (Lipinski definition) is 6. The monoisotopic (exact) mass is 523 g/mol. The number of fused-ring (bicyclic) bond motifs is 3. The summed E-state index contributed by atoms with van der Waals surface area (Å²) >= 11 is 0. The maximum atomic E-state index is 14.0. The molecule has 2 aromatic rings. The molecule has 6 rings (SSSR count). The third-order valence-electron chi connectivity index (χ3n) is 8.72. The molecule has 2 aromatic carbocycles. The normalized spacial score (nSPS) is 26.2. The topological polar surface area (TPSA) is 101 Å². The average Bonchev–Trinajstić information content (AvgIpc) is 3.20. The largest absolute Gasteiger partial charge is 0.507 e. The molecule has 4 atom stereocenters. The molecule has 198 valence electrons. The van der Waals surface area contributed by atoms with Crippen LogP contribution in [0.2, 0.25) is 0 Å². The highest BCUT2D eigenvalue weighted by Gasteiger charge is 2.57. The smallest absolute Gasteiger partial charge is 0.238 e. The van der Waals surface area contributed by atoms with Crippen LogP contribution in [0.5, 0.6) is 11.5 Å². The first-order valence-electron chi connectivity index (χ1n) is 13.3. The van der Waals surface area contributed by atoms with Crippen molar-refractivity contribution >= 4 is 29.1 Å². The van der Waals surface area contributed by atoms with Gasteiger partial charge in [-0.3, -0.25) is 24.1 Å². The number of carbonyl (C=O) groups is 4. The number of benzene rings is 2. The van der Waals surface area contributed by atoms with Gasteiger partial charge >= 0.3 is 0 Å². The number of ether oxygens (including phenoxy) is 1. The lowest BCUT2D eigenvalue weighted by atomic mass is 9.59. The summed E-state index contributed by atoms with van der Waals surface area (Å²) in [5, 5.41) is 11.0. The van der Waals surface area contributed by atoms with Crippen LogP contribution >= 0.6 is 0 Å². The van der Waals surface area contributed by atoms with Crippen molar-refractivity contribution in [3.05, 3.63) is 88.0 Å². The Morgan fingerprint density at radius 3 is 2.44 bits per heavy atom. The molecule has 1 N–H and O–H groups in total. The maximum Gasteiger partial charge on any atom is 0.238 e. The summed E-state index contributed by atoms with van der Waals surface area (Å²) in [6, 6.07) is 12.3. The van der Waals surface area contributed by atoms with E-state index < -0.39 is 23.7 Å². The van der Waals surface area contributed by atoms with E-state index in [0.717, 1.165) is 17.6 Å². The number of phenols is 1. The molecular weight excluding hydrogens is 494 g/mol. The van der Waals surface area contributed by atoms with Crippen molar-refractivity contribution in [2.24, 2.45) is 17.8 Å². The van der Waals surface area contributed by atoms with Crippen LogP contribution in [0.4, 0.5) is 5.69 Å². The summed E-state index contributed by atoms with van der Waals surface area (Å²) < 4.78 is 5.60. The average molecular weight is 524 g/mol. The Morgan fingerprint density at radius 2 is 1.74 bits per heavy atom. The van der Waals surface area contributed by atoms with Crippen LogP contribution in [0.25, 0.3) is 0 Å². The van der Waals surface area contributed by atoms with Crippen molar-refractivity contribution in [3.8, 4) is 11.5 Å². The van der Waals surface area contributed by atoms with Crippen molar-refractivity contribution in [1.82, 2.24) is 0 Å². The number of carbonyl (C=O) groups excluding carboxylic acids is 4. The summed E-state index contributed by atoms with van der Waals surface area (Å²) in [6.07, 6.45) is 4.64. The van der Waals surface area contributed by atoms with Crippen molar-refractivity contribution in [3.63, 3.8) is 0 Å². The van der Waals surface area contributed by atoms with E-state index in [9.17, 15) is 24.3 Å². The Kier molecular flexibility index (Phi) is 5.90. The van der Waals surface area contributed by atoms with Crippen LogP contribution in [-0.4, -0.2) is 35.6 Å². The second-order valence-electron chi connectivity index (χ2n) is 10.7. The highest BCUT2D eigenvalue weighted by molar-refractivity contribution is 6.25. The SMILES string of the molecule is CCc1ccc(N2C(=O)[C@H]3[C@H](CC=C4[C@H](c5c(O)cccc5OC)C5=C(C[C@H]43)C(=O)C=C(C)C5=O)C2=O)cc1. The summed E-state index contributed by atoms with van der Waals surface area (Å²) in [6.45, 7) is 3.65. The minimum Gasteiger partial charge on any atom is -0.507 e. The second kappa shape index (κ2) is 9.19. The number of allylic oxidation sites excluding steroid dienone is 6. The van der Waals surface area contributed by atoms with Gasteiger partial charge in [0.2, 0.25) is 11.8 Å². The molecule has 39 heavy (non-hydrogen) atoms. The minimum absolute atomic E-state index is 0.0613. The van der Waals surface area contributed by atoms with Crippen LogP contribution in [-0.2, 0) is 25.6 Å². The van der Waals surface area contributed by atoms with Crippen LogP contribution in [0.3, 0.4) is 0 Å². The zero-order valence-electron chi connectivity index (χ0n) is 22.1. The van der Waals surface area contributed by atoms with E-state index in [1.807, 2.05) is 25.1 Å². The van der Waals surface area contributed by atoms with Crippen molar-refractivity contribution in [1.29, 1.82) is 0 Å². The highest BCUT2D eigenvalue weighted by atomic mass is 16.5. The first kappa shape index (κ1) is 25.0. The number of amides is 2. The van der Waals surface area contributed by atoms with E-state index in [0.29, 0.717) is 40.1 Å². The lowest BCUT2D eigenvalue weighted by molar-refractivity contribution is -0.123. The van der Waals surface area contributed by atoms with E-state index in [1.54, 1.807) is 31.2 Å². The van der Waals surface area contributed by atoms with E-state index in [4.69, 9.17) is 4.74 Å². The summed E-state index contributed by atoms with van der Waals surface area (Å²) in [7, 11) is 1.49. The zero-order valence-corrected chi connectivity index (χ0v) is 22.1. The molecule has 4 aliphatic rings. The van der Waals surface area contributed by atoms with Crippen LogP contribution < -0.4 is 9.64 Å². The fourth-order valence-corrected chi connectivity index (χ4v) is 6.83. The van der Waals surface area contributed by atoms with Gasteiger partial charge in [-0.2, -0.15) is 0 Å². The number of methoxy groups -OCH3 is 1. The van der Waals surface area contributed by atoms with Crippen molar-refractivity contribution in [2.45, 2.75) is 39.0 Å². The molecule has 1 aliphatic heterocycles. The molecule has 0 aromatic heterocycles. The summed E-state index contributed by atoms with van der Waals surface area (Å²) in [5.74, 6) is -3.22. The number of hydrogen-bond donors (Lipinski definition) is 1. The number of phenolic OH excluding ortho intramolecular Hbond substituents is 1. The van der Waals surface area contributed by atoms with Crippen molar-refractivity contribution < 1.29 is 29.0 Å². The molecule has 0 bridgehead atoms. The molecule has 0 saturated carbocycles. The molecule has 1 saturated heterocycles. The molecule has 0 unspecified atom stereocenters. The van der Waals surface area contributed by atoms with Gasteiger partial charge in [0.05, 0.1) is 24.6 Å². The van der Waals surface area contributed by atoms with Crippen LogP contribution in [0.1, 0.15) is 43.7 Å². The van der Waals surface area contributed by atoms with Gasteiger partial charge in [0.25, 0.3) is 0 Å². The van der Waals surface area contributed by atoms with Crippen molar-refractivity contribution in [2.75, 3.05) is 12.0 Å². The fraction of sp³-hybridized carbons (Fsp3) is 0.312. The standard InChI is InChI=1S/C32H29NO6/c1-4-17-8-10-18(11-9-17)33-31(37)20-13-12-19-21(26(20)32(33)38)15-22-24(35)14-16(2)30(36)28(22)27(19)29-23(34)6-5-7-25(29)39-3/h5-12,14,20-21,26-27,34H,4,13,15H2,1-3H3/t20-,21+,26-,27-/m0/s1. The lowest BCUT2D eigenvalue weighted by Crippen LogP contribution is -2.40. The van der Waals surface area contributed by atoms with Gasteiger partial charge < -0.3 is 9.84 Å². The second-order valence-corrected chi connectivity index (χ2v) is 10.7. The Balaban J connectivity index is 1.50. The maximum absolute atomic E-state index is 14.0. The number of imide groups is 1. The third kappa shape index (κ3) is 3.63. The number of nitrogens with zero attached hydrogens (tertiary/aromatic N) is 1. The van der Waals surface area contributed by atoms with E-state index >= 15 is 0 Å². The van der Waals surface area contributed by atoms with Crippen LogP contribution in [0, 0.1) is 17.8 Å². The van der Waals surface area contributed by atoms with Crippen LogP contribution in [0.15, 0.2) is 76.9 Å².